The number of hydrogen-bond donors (Lipinski definition) is 1. The lowest BCUT2D eigenvalue weighted by Gasteiger charge is -2.57. The van der Waals surface area contributed by atoms with E-state index in [4.69, 9.17) is 0 Å². The molecule has 0 saturated heterocycles. The van der Waals surface area contributed by atoms with Crippen LogP contribution in [0.1, 0.15) is 48.9 Å². The maximum Gasteiger partial charge on any atom is 0.257 e. The molecule has 1 heterocycles. The third-order valence-corrected chi connectivity index (χ3v) is 6.89. The largest absolute Gasteiger partial charge is 0.859 e. The smallest absolute Gasteiger partial charge is 0.257 e. The highest BCUT2D eigenvalue weighted by Crippen LogP contribution is 2.55. The maximum atomic E-state index is 13.2. The summed E-state index contributed by atoms with van der Waals surface area (Å²) >= 11 is 0. The Morgan fingerprint density at radius 2 is 1.62 bits per heavy atom. The Balaban J connectivity index is 1.57. The molecule has 2 aromatic rings. The van der Waals surface area contributed by atoms with Crippen LogP contribution in [0.5, 0.6) is 5.88 Å². The van der Waals surface area contributed by atoms with Gasteiger partial charge in [0.2, 0.25) is 0 Å². The van der Waals surface area contributed by atoms with Crippen LogP contribution in [0.2, 0.25) is 0 Å². The summed E-state index contributed by atoms with van der Waals surface area (Å²) in [6.07, 6.45) is 6.98. The standard InChI is InChI=1S/C21H24N2O3/c1-23-19(25)16-5-3-2-4-15(16)17(20(23)26)18(24)22-21-9-12-6-13(10-21)8-14(7-12)11-21/h2-5,12-14,26H,6-11H2,1H3,(H,22,24)/p-1. The van der Waals surface area contributed by atoms with Crippen molar-refractivity contribution in [2.45, 2.75) is 44.1 Å². The minimum Gasteiger partial charge on any atom is -0.859 e. The molecule has 5 heteroatoms. The van der Waals surface area contributed by atoms with Gasteiger partial charge in [0.1, 0.15) is 0 Å². The first-order valence-corrected chi connectivity index (χ1v) is 9.57. The van der Waals surface area contributed by atoms with Gasteiger partial charge in [-0.05, 0) is 68.2 Å². The van der Waals surface area contributed by atoms with Crippen LogP contribution in [0.25, 0.3) is 10.8 Å². The number of rotatable bonds is 2. The molecule has 0 spiro atoms. The van der Waals surface area contributed by atoms with Crippen LogP contribution in [-0.4, -0.2) is 16.0 Å². The Hall–Kier alpha value is -2.30. The lowest BCUT2D eigenvalue weighted by Crippen LogP contribution is -2.60. The fourth-order valence-electron chi connectivity index (χ4n) is 6.23. The molecule has 4 bridgehead atoms. The van der Waals surface area contributed by atoms with Crippen LogP contribution in [-0.2, 0) is 7.05 Å². The summed E-state index contributed by atoms with van der Waals surface area (Å²) in [6.45, 7) is 0. The molecule has 4 fully saturated rings. The number of carbonyl (C=O) groups excluding carboxylic acids is 1. The van der Waals surface area contributed by atoms with Gasteiger partial charge in [0.05, 0.1) is 5.56 Å². The second-order valence-corrected chi connectivity index (χ2v) is 8.74. The van der Waals surface area contributed by atoms with Crippen LogP contribution in [0.15, 0.2) is 29.1 Å². The number of nitrogens with zero attached hydrogens (tertiary/aromatic N) is 1. The normalized spacial score (nSPS) is 32.1. The molecule has 0 unspecified atom stereocenters. The Labute approximate surface area is 152 Å². The lowest BCUT2D eigenvalue weighted by atomic mass is 9.53. The highest BCUT2D eigenvalue weighted by atomic mass is 16.3. The number of benzene rings is 1. The zero-order valence-corrected chi connectivity index (χ0v) is 15.0. The van der Waals surface area contributed by atoms with Crippen molar-refractivity contribution in [3.05, 3.63) is 40.2 Å². The third kappa shape index (κ3) is 2.22. The van der Waals surface area contributed by atoms with Gasteiger partial charge >= 0.3 is 0 Å². The van der Waals surface area contributed by atoms with E-state index < -0.39 is 5.88 Å². The summed E-state index contributed by atoms with van der Waals surface area (Å²) in [7, 11) is 1.44. The fraction of sp³-hybridized carbons (Fsp3) is 0.524. The summed E-state index contributed by atoms with van der Waals surface area (Å²) < 4.78 is 1.05. The molecular formula is C21H23N2O3-. The molecule has 1 amide bonds. The van der Waals surface area contributed by atoms with E-state index in [0.717, 1.165) is 23.8 Å². The zero-order valence-electron chi connectivity index (χ0n) is 15.0. The molecule has 4 aliphatic rings. The van der Waals surface area contributed by atoms with Gasteiger partial charge in [-0.15, -0.1) is 0 Å². The first kappa shape index (κ1) is 15.9. The van der Waals surface area contributed by atoms with Gasteiger partial charge in [-0.1, -0.05) is 18.2 Å². The van der Waals surface area contributed by atoms with Crippen molar-refractivity contribution in [1.82, 2.24) is 9.88 Å². The Kier molecular flexibility index (Phi) is 3.27. The van der Waals surface area contributed by atoms with Gasteiger partial charge in [0.15, 0.2) is 0 Å². The first-order valence-electron chi connectivity index (χ1n) is 9.57. The average molecular weight is 351 g/mol. The minimum atomic E-state index is -0.504. The van der Waals surface area contributed by atoms with E-state index in [1.54, 1.807) is 24.3 Å². The molecule has 4 saturated carbocycles. The van der Waals surface area contributed by atoms with Gasteiger partial charge < -0.3 is 15.0 Å². The highest BCUT2D eigenvalue weighted by Gasteiger charge is 2.51. The monoisotopic (exact) mass is 351 g/mol. The molecule has 0 atom stereocenters. The van der Waals surface area contributed by atoms with Crippen LogP contribution in [0.3, 0.4) is 0 Å². The molecule has 0 radical (unpaired) electrons. The molecule has 4 aliphatic carbocycles. The van der Waals surface area contributed by atoms with Crippen molar-refractivity contribution in [1.29, 1.82) is 0 Å². The molecule has 1 N–H and O–H groups in total. The molecule has 1 aromatic carbocycles. The molecule has 1 aromatic heterocycles. The topological polar surface area (TPSA) is 74.2 Å². The van der Waals surface area contributed by atoms with Crippen LogP contribution in [0.4, 0.5) is 0 Å². The van der Waals surface area contributed by atoms with Gasteiger partial charge in [0, 0.05) is 23.4 Å². The van der Waals surface area contributed by atoms with Crippen LogP contribution in [0, 0.1) is 17.8 Å². The SMILES string of the molecule is Cn1c([O-])c(C(=O)NC23CC4CC(CC(C4)C2)C3)c2ccccc2c1=O. The molecule has 5 nitrogen and oxygen atoms in total. The summed E-state index contributed by atoms with van der Waals surface area (Å²) in [5, 5.41) is 16.9. The number of fused-ring (bicyclic) bond motifs is 1. The van der Waals surface area contributed by atoms with Crippen molar-refractivity contribution in [3.63, 3.8) is 0 Å². The van der Waals surface area contributed by atoms with Crippen molar-refractivity contribution in [2.24, 2.45) is 24.8 Å². The van der Waals surface area contributed by atoms with E-state index in [9.17, 15) is 14.7 Å². The molecule has 6 rings (SSSR count). The Morgan fingerprint density at radius 1 is 1.08 bits per heavy atom. The molecular weight excluding hydrogens is 328 g/mol. The lowest BCUT2D eigenvalue weighted by molar-refractivity contribution is -0.279. The second-order valence-electron chi connectivity index (χ2n) is 8.74. The zero-order chi connectivity index (χ0) is 18.1. The summed E-state index contributed by atoms with van der Waals surface area (Å²) in [5.41, 5.74) is -0.399. The van der Waals surface area contributed by atoms with Gasteiger partial charge in [0.25, 0.3) is 11.5 Å². The number of amides is 1. The fourth-order valence-corrected chi connectivity index (χ4v) is 6.23. The Bertz CT molecular complexity index is 940. The number of aromatic nitrogens is 1. The molecule has 136 valence electrons. The second kappa shape index (κ2) is 5.35. The minimum absolute atomic E-state index is 0.110. The quantitative estimate of drug-likeness (QED) is 0.902. The molecule has 0 aliphatic heterocycles. The highest BCUT2D eigenvalue weighted by molar-refractivity contribution is 6.08. The number of carbonyl (C=O) groups is 1. The van der Waals surface area contributed by atoms with Crippen LogP contribution < -0.4 is 16.0 Å². The number of nitrogens with one attached hydrogen (secondary N) is 1. The van der Waals surface area contributed by atoms with Crippen molar-refractivity contribution in [3.8, 4) is 5.88 Å². The number of hydrogen-bond acceptors (Lipinski definition) is 3. The van der Waals surface area contributed by atoms with Crippen LogP contribution >= 0.6 is 0 Å². The van der Waals surface area contributed by atoms with E-state index in [1.165, 1.54) is 26.3 Å². The van der Waals surface area contributed by atoms with E-state index in [2.05, 4.69) is 5.32 Å². The average Bonchev–Trinajstić information content (AvgIpc) is 2.58. The summed E-state index contributed by atoms with van der Waals surface area (Å²) in [5.74, 6) is 1.32. The van der Waals surface area contributed by atoms with E-state index in [1.807, 2.05) is 0 Å². The van der Waals surface area contributed by atoms with Crippen molar-refractivity contribution < 1.29 is 9.90 Å². The van der Waals surface area contributed by atoms with Gasteiger partial charge in [-0.2, -0.15) is 0 Å². The van der Waals surface area contributed by atoms with Crippen molar-refractivity contribution in [2.75, 3.05) is 0 Å². The van der Waals surface area contributed by atoms with Gasteiger partial charge in [-0.25, -0.2) is 0 Å². The summed E-state index contributed by atoms with van der Waals surface area (Å²) in [6, 6.07) is 6.91. The maximum absolute atomic E-state index is 13.2. The third-order valence-electron chi connectivity index (χ3n) is 6.89. The molecule has 26 heavy (non-hydrogen) atoms. The predicted octanol–water partition coefficient (Wildman–Crippen LogP) is 2.31. The number of pyridine rings is 1. The van der Waals surface area contributed by atoms with Crippen molar-refractivity contribution >= 4 is 16.7 Å². The predicted molar refractivity (Wildman–Crippen MR) is 97.0 cm³/mol. The summed E-state index contributed by atoms with van der Waals surface area (Å²) in [4.78, 5) is 25.6. The first-order chi connectivity index (χ1) is 12.5. The van der Waals surface area contributed by atoms with Gasteiger partial charge in [-0.3, -0.25) is 9.59 Å². The van der Waals surface area contributed by atoms with E-state index >= 15 is 0 Å². The van der Waals surface area contributed by atoms with E-state index in [-0.39, 0.29) is 22.6 Å². The van der Waals surface area contributed by atoms with E-state index in [0.29, 0.717) is 28.5 Å². The Morgan fingerprint density at radius 3 is 2.19 bits per heavy atom.